The zero-order valence-corrected chi connectivity index (χ0v) is 31.9. The number of nitrogens with one attached hydrogen (secondary N) is 1. The van der Waals surface area contributed by atoms with E-state index < -0.39 is 83.7 Å². The Morgan fingerprint density at radius 2 is 1.64 bits per heavy atom. The fraction of sp³-hybridized carbons (Fsp3) is 0.425. The number of hydrogen-bond acceptors (Lipinski definition) is 9. The quantitative estimate of drug-likeness (QED) is 0.102. The molecule has 4 heterocycles. The van der Waals surface area contributed by atoms with E-state index in [0.29, 0.717) is 11.1 Å². The van der Waals surface area contributed by atoms with Gasteiger partial charge in [0.25, 0.3) is 0 Å². The lowest BCUT2D eigenvalue weighted by Gasteiger charge is -2.51. The van der Waals surface area contributed by atoms with Crippen LogP contribution >= 0.6 is 11.8 Å². The molecule has 0 saturated carbocycles. The number of β-lactam (4-membered cyclic amide) rings is 1. The second-order valence-electron chi connectivity index (χ2n) is 14.9. The van der Waals surface area contributed by atoms with Gasteiger partial charge in [-0.25, -0.2) is 14.4 Å². The number of ether oxygens (including phenoxy) is 3. The summed E-state index contributed by atoms with van der Waals surface area (Å²) in [7, 11) is 0. The number of hydrogen-bond donors (Lipinski definition) is 1. The van der Waals surface area contributed by atoms with Crippen LogP contribution in [0, 0.1) is 11.8 Å². The van der Waals surface area contributed by atoms with E-state index >= 15 is 0 Å². The van der Waals surface area contributed by atoms with E-state index in [-0.39, 0.29) is 43.8 Å². The molecule has 4 amide bonds. The molecule has 12 nitrogen and oxygen atoms in total. The lowest BCUT2D eigenvalue weighted by atomic mass is 9.95. The summed E-state index contributed by atoms with van der Waals surface area (Å²) < 4.78 is 58.9. The van der Waals surface area contributed by atoms with Crippen LogP contribution in [0.4, 0.5) is 22.8 Å². The van der Waals surface area contributed by atoms with Crippen LogP contribution in [-0.4, -0.2) is 107 Å². The van der Waals surface area contributed by atoms with E-state index in [2.05, 4.69) is 11.9 Å². The smallest absolute Gasteiger partial charge is 0.410 e. The Kier molecular flexibility index (Phi) is 11.9. The summed E-state index contributed by atoms with van der Waals surface area (Å²) in [5.74, 6) is -4.83. The number of nitrogens with zero attached hydrogens (tertiary/aromatic N) is 3. The molecule has 0 bridgehead atoms. The van der Waals surface area contributed by atoms with Crippen LogP contribution in [0.25, 0.3) is 0 Å². The summed E-state index contributed by atoms with van der Waals surface area (Å²) in [6.07, 6.45) is -4.20. The summed E-state index contributed by atoms with van der Waals surface area (Å²) in [4.78, 5) is 70.6. The Balaban J connectivity index is 1.26. The SMILES string of the molecule is C=CCOC(=O)N1C[C@H](CN2CC/C(=C\C3=CS[C@@H]4[C@H](NC(=O)OC(C)(C)C)C(=O)N4[C@H]3C(=O)OC(c3ccccc3)c3ccccc3)C2=O)[C@@H](C(F)(F)F)C1. The van der Waals surface area contributed by atoms with Gasteiger partial charge in [0.05, 0.1) is 5.92 Å². The number of alkyl carbamates (subject to hydrolysis) is 1. The highest BCUT2D eigenvalue weighted by Gasteiger charge is 2.57. The predicted octanol–water partition coefficient (Wildman–Crippen LogP) is 5.97. The second kappa shape index (κ2) is 16.5. The van der Waals surface area contributed by atoms with E-state index in [9.17, 15) is 37.1 Å². The zero-order chi connectivity index (χ0) is 40.4. The molecule has 298 valence electrons. The Hall–Kier alpha value is -5.25. The molecular formula is C40H43F3N4O8S. The van der Waals surface area contributed by atoms with Crippen molar-refractivity contribution in [2.24, 2.45) is 11.8 Å². The van der Waals surface area contributed by atoms with Crippen molar-refractivity contribution in [3.63, 3.8) is 0 Å². The standard InChI is InChI=1S/C40H43F3N4O8S/c1-5-18-53-38(52)46-21-28(29(22-46)40(41,42)43)20-45-17-16-26(33(45)48)19-27-23-56-35-30(44-37(51)55-39(2,3)4)34(49)47(35)31(27)36(50)54-32(24-12-8-6-9-13-24)25-14-10-7-11-15-25/h5-15,19,23,28-32,35H,1,16-18,20-22H2,2-4H3,(H,44,51)/b26-19+/t28-,29-,30+,31+,35+/m0/s1. The molecule has 3 saturated heterocycles. The molecule has 16 heteroatoms. The summed E-state index contributed by atoms with van der Waals surface area (Å²) in [6, 6.07) is 15.8. The Morgan fingerprint density at radius 1 is 1.00 bits per heavy atom. The van der Waals surface area contributed by atoms with Gasteiger partial charge >= 0.3 is 24.3 Å². The number of amides is 4. The van der Waals surface area contributed by atoms with Gasteiger partial charge in [0.15, 0.2) is 12.1 Å². The maximum absolute atomic E-state index is 14.4. The number of alkyl halides is 3. The maximum Gasteiger partial charge on any atom is 0.410 e. The van der Waals surface area contributed by atoms with Gasteiger partial charge in [0, 0.05) is 37.7 Å². The molecule has 0 aliphatic carbocycles. The van der Waals surface area contributed by atoms with Gasteiger partial charge < -0.3 is 34.2 Å². The summed E-state index contributed by atoms with van der Waals surface area (Å²) in [6.45, 7) is 7.37. The molecule has 2 aromatic carbocycles. The minimum Gasteiger partial charge on any atom is -0.451 e. The first-order valence-electron chi connectivity index (χ1n) is 18.1. The molecule has 1 N–H and O–H groups in total. The van der Waals surface area contributed by atoms with Crippen LogP contribution in [0.15, 0.2) is 95.9 Å². The number of carbonyl (C=O) groups excluding carboxylic acids is 5. The number of fused-ring (bicyclic) bond motifs is 1. The van der Waals surface area contributed by atoms with Crippen molar-refractivity contribution in [3.8, 4) is 0 Å². The Bertz CT molecular complexity index is 1860. The molecule has 5 atom stereocenters. The second-order valence-corrected chi connectivity index (χ2v) is 15.9. The van der Waals surface area contributed by atoms with Crippen molar-refractivity contribution in [3.05, 3.63) is 107 Å². The molecular weight excluding hydrogens is 754 g/mol. The predicted molar refractivity (Wildman–Crippen MR) is 200 cm³/mol. The van der Waals surface area contributed by atoms with Crippen LogP contribution in [0.2, 0.25) is 0 Å². The number of carbonyl (C=O) groups is 5. The number of rotatable bonds is 10. The average molecular weight is 797 g/mol. The van der Waals surface area contributed by atoms with E-state index in [4.69, 9.17) is 14.2 Å². The third kappa shape index (κ3) is 8.90. The summed E-state index contributed by atoms with van der Waals surface area (Å²) in [5, 5.41) is 3.52. The maximum atomic E-state index is 14.4. The van der Waals surface area contributed by atoms with Crippen molar-refractivity contribution in [1.82, 2.24) is 20.0 Å². The third-order valence-electron chi connectivity index (χ3n) is 9.80. The van der Waals surface area contributed by atoms with Gasteiger partial charge in [-0.1, -0.05) is 73.3 Å². The van der Waals surface area contributed by atoms with Crippen molar-refractivity contribution in [2.75, 3.05) is 32.8 Å². The highest BCUT2D eigenvalue weighted by molar-refractivity contribution is 8.03. The molecule has 56 heavy (non-hydrogen) atoms. The normalized spacial score (nSPS) is 24.4. The van der Waals surface area contributed by atoms with Crippen LogP contribution in [-0.2, 0) is 28.6 Å². The largest absolute Gasteiger partial charge is 0.451 e. The van der Waals surface area contributed by atoms with E-state index in [1.54, 1.807) is 50.4 Å². The number of likely N-dealkylation sites (tertiary alicyclic amines) is 2. The monoisotopic (exact) mass is 796 g/mol. The van der Waals surface area contributed by atoms with E-state index in [1.165, 1.54) is 22.0 Å². The fourth-order valence-electron chi connectivity index (χ4n) is 7.23. The molecule has 0 aromatic heterocycles. The first kappa shape index (κ1) is 40.4. The van der Waals surface area contributed by atoms with Crippen molar-refractivity contribution >= 4 is 41.7 Å². The molecule has 6 rings (SSSR count). The van der Waals surface area contributed by atoms with Crippen molar-refractivity contribution < 1.29 is 51.4 Å². The number of thioether (sulfide) groups is 1. The molecule has 0 unspecified atom stereocenters. The van der Waals surface area contributed by atoms with Crippen LogP contribution < -0.4 is 5.32 Å². The van der Waals surface area contributed by atoms with Gasteiger partial charge in [-0.15, -0.1) is 11.8 Å². The Labute approximate surface area is 326 Å². The summed E-state index contributed by atoms with van der Waals surface area (Å²) in [5.41, 5.74) is 1.03. The van der Waals surface area contributed by atoms with E-state index in [1.807, 2.05) is 36.4 Å². The number of esters is 1. The minimum atomic E-state index is -4.62. The number of benzene rings is 2. The Morgan fingerprint density at radius 3 is 2.23 bits per heavy atom. The van der Waals surface area contributed by atoms with Crippen molar-refractivity contribution in [1.29, 1.82) is 0 Å². The first-order valence-corrected chi connectivity index (χ1v) is 19.1. The van der Waals surface area contributed by atoms with Crippen LogP contribution in [0.1, 0.15) is 44.4 Å². The van der Waals surface area contributed by atoms with Crippen LogP contribution in [0.3, 0.4) is 0 Å². The van der Waals surface area contributed by atoms with Gasteiger partial charge in [0.2, 0.25) is 11.8 Å². The van der Waals surface area contributed by atoms with Gasteiger partial charge in [-0.05, 0) is 55.4 Å². The minimum absolute atomic E-state index is 0.111. The highest BCUT2D eigenvalue weighted by atomic mass is 32.2. The molecule has 3 fully saturated rings. The lowest BCUT2D eigenvalue weighted by Crippen LogP contribution is -2.74. The first-order chi connectivity index (χ1) is 26.6. The molecule has 0 spiro atoms. The molecule has 4 aliphatic heterocycles. The molecule has 0 radical (unpaired) electrons. The highest BCUT2D eigenvalue weighted by Crippen LogP contribution is 2.43. The zero-order valence-electron chi connectivity index (χ0n) is 31.1. The fourth-order valence-corrected chi connectivity index (χ4v) is 8.42. The van der Waals surface area contributed by atoms with Gasteiger partial charge in [-0.2, -0.15) is 13.2 Å². The number of halogens is 3. The molecule has 4 aliphatic rings. The van der Waals surface area contributed by atoms with Gasteiger partial charge in [0.1, 0.15) is 23.6 Å². The molecule has 2 aromatic rings. The average Bonchev–Trinajstić information content (AvgIpc) is 3.75. The lowest BCUT2D eigenvalue weighted by molar-refractivity contribution is -0.181. The van der Waals surface area contributed by atoms with E-state index in [0.717, 1.165) is 16.7 Å². The summed E-state index contributed by atoms with van der Waals surface area (Å²) >= 11 is 1.16. The third-order valence-corrected chi connectivity index (χ3v) is 11.0. The van der Waals surface area contributed by atoms with Gasteiger partial charge in [-0.3, -0.25) is 9.59 Å². The van der Waals surface area contributed by atoms with Crippen LogP contribution in [0.5, 0.6) is 0 Å². The topological polar surface area (TPSA) is 135 Å². The van der Waals surface area contributed by atoms with Crippen molar-refractivity contribution in [2.45, 2.75) is 62.5 Å².